The number of ether oxygens (including phenoxy) is 1. The van der Waals surface area contributed by atoms with Gasteiger partial charge in [0.1, 0.15) is 6.04 Å². The minimum absolute atomic E-state index is 0.0150. The normalized spacial score (nSPS) is 33.6. The Morgan fingerprint density at radius 2 is 2.05 bits per heavy atom. The molecule has 5 heterocycles. The zero-order chi connectivity index (χ0) is 28.8. The fraction of sp³-hybridized carbons (Fsp3) is 0.594. The van der Waals surface area contributed by atoms with Gasteiger partial charge in [-0.3, -0.25) is 24.2 Å². The fourth-order valence-corrected chi connectivity index (χ4v) is 8.05. The summed E-state index contributed by atoms with van der Waals surface area (Å²) in [5.74, 6) is -1.27. The average Bonchev–Trinajstić information content (AvgIpc) is 3.68. The summed E-state index contributed by atoms with van der Waals surface area (Å²) in [6.45, 7) is 9.15. The zero-order valence-electron chi connectivity index (χ0n) is 24.6. The smallest absolute Gasteiger partial charge is 0.279 e. The monoisotopic (exact) mass is 559 g/mol. The van der Waals surface area contributed by atoms with Crippen LogP contribution < -0.4 is 5.32 Å². The van der Waals surface area contributed by atoms with Gasteiger partial charge >= 0.3 is 0 Å². The van der Waals surface area contributed by atoms with Crippen molar-refractivity contribution >= 4 is 34.2 Å². The highest BCUT2D eigenvalue weighted by atomic mass is 16.6. The molecule has 9 heteroatoms. The molecule has 3 unspecified atom stereocenters. The summed E-state index contributed by atoms with van der Waals surface area (Å²) in [6.07, 6.45) is 7.01. The van der Waals surface area contributed by atoms with E-state index in [2.05, 4.69) is 52.7 Å². The molecular weight excluding hydrogens is 518 g/mol. The fourth-order valence-electron chi connectivity index (χ4n) is 8.05. The number of piperazine rings is 1. The number of benzene rings is 1. The van der Waals surface area contributed by atoms with Gasteiger partial charge in [0.2, 0.25) is 17.5 Å². The highest BCUT2D eigenvalue weighted by molar-refractivity contribution is 6.01. The van der Waals surface area contributed by atoms with E-state index in [1.165, 1.54) is 16.5 Å². The summed E-state index contributed by atoms with van der Waals surface area (Å²) in [7, 11) is 2.07. The minimum atomic E-state index is -1.51. The van der Waals surface area contributed by atoms with Gasteiger partial charge in [0.25, 0.3) is 5.91 Å². The van der Waals surface area contributed by atoms with E-state index in [1.54, 1.807) is 4.90 Å². The van der Waals surface area contributed by atoms with Crippen LogP contribution in [0.2, 0.25) is 0 Å². The molecule has 2 aromatic rings. The lowest BCUT2D eigenvalue weighted by atomic mass is 9.79. The van der Waals surface area contributed by atoms with E-state index in [4.69, 9.17) is 4.74 Å². The third-order valence-electron chi connectivity index (χ3n) is 10.5. The molecule has 0 spiro atoms. The van der Waals surface area contributed by atoms with Crippen molar-refractivity contribution in [2.45, 2.75) is 83.5 Å². The Morgan fingerprint density at radius 1 is 1.24 bits per heavy atom. The molecule has 0 saturated carbocycles. The molecule has 3 amide bonds. The molecule has 9 nitrogen and oxygen atoms in total. The lowest BCUT2D eigenvalue weighted by Gasteiger charge is -2.46. The van der Waals surface area contributed by atoms with E-state index in [0.29, 0.717) is 13.1 Å². The number of rotatable bonds is 5. The molecule has 218 valence electrons. The van der Waals surface area contributed by atoms with E-state index in [9.17, 15) is 14.4 Å². The van der Waals surface area contributed by atoms with Gasteiger partial charge in [0.15, 0.2) is 6.23 Å². The summed E-state index contributed by atoms with van der Waals surface area (Å²) in [5, 5.41) is 4.37. The van der Waals surface area contributed by atoms with Gasteiger partial charge < -0.3 is 19.9 Å². The highest BCUT2D eigenvalue weighted by Crippen LogP contribution is 2.45. The number of amides is 3. The Hall–Kier alpha value is -3.17. The van der Waals surface area contributed by atoms with Crippen molar-refractivity contribution < 1.29 is 19.1 Å². The van der Waals surface area contributed by atoms with Crippen LogP contribution in [0.1, 0.15) is 58.1 Å². The van der Waals surface area contributed by atoms with Gasteiger partial charge in [0, 0.05) is 42.1 Å². The van der Waals surface area contributed by atoms with Crippen molar-refractivity contribution in [2.75, 3.05) is 20.1 Å². The summed E-state index contributed by atoms with van der Waals surface area (Å²) < 4.78 is 6.70. The first-order valence-corrected chi connectivity index (χ1v) is 15.3. The summed E-state index contributed by atoms with van der Waals surface area (Å²) in [6, 6.07) is 5.73. The molecule has 3 saturated heterocycles. The maximum atomic E-state index is 14.4. The number of fused-ring (bicyclic) bond motifs is 5. The third kappa shape index (κ3) is 3.70. The molecule has 5 aliphatic rings. The van der Waals surface area contributed by atoms with E-state index >= 15 is 0 Å². The molecule has 2 N–H and O–H groups in total. The van der Waals surface area contributed by atoms with Crippen LogP contribution in [0.3, 0.4) is 0 Å². The van der Waals surface area contributed by atoms with Gasteiger partial charge in [-0.05, 0) is 55.0 Å². The molecule has 0 bridgehead atoms. The van der Waals surface area contributed by atoms with Crippen LogP contribution in [-0.4, -0.2) is 87.6 Å². The van der Waals surface area contributed by atoms with Gasteiger partial charge in [-0.1, -0.05) is 52.3 Å². The molecule has 7 rings (SSSR count). The van der Waals surface area contributed by atoms with Crippen LogP contribution in [0, 0.1) is 17.8 Å². The number of hydrogen-bond donors (Lipinski definition) is 2. The Labute approximate surface area is 241 Å². The first-order valence-electron chi connectivity index (χ1n) is 15.3. The predicted octanol–water partition coefficient (Wildman–Crippen LogP) is 3.11. The molecule has 1 aromatic carbocycles. The number of aromatic nitrogens is 1. The van der Waals surface area contributed by atoms with Crippen molar-refractivity contribution in [3.05, 3.63) is 41.6 Å². The van der Waals surface area contributed by atoms with Gasteiger partial charge in [-0.25, -0.2) is 0 Å². The SMILES string of the molecule is CCC(C)[C@@H]1C(=O)N2CCC[C@H]2C2O[C@](NC(=O)[C@@H]3C=C4c5cccc6[nH]cc(c56)CC4N(C)C3)(C(C)C)C(=O)N21. The number of H-pyrrole nitrogens is 1. The molecule has 3 fully saturated rings. The molecule has 1 aromatic heterocycles. The number of carbonyl (C=O) groups is 3. The second kappa shape index (κ2) is 9.42. The largest absolute Gasteiger partial charge is 0.361 e. The molecule has 41 heavy (non-hydrogen) atoms. The van der Waals surface area contributed by atoms with Crippen LogP contribution >= 0.6 is 0 Å². The van der Waals surface area contributed by atoms with E-state index in [0.717, 1.165) is 36.8 Å². The van der Waals surface area contributed by atoms with Crippen LogP contribution in [0.25, 0.3) is 16.5 Å². The van der Waals surface area contributed by atoms with Crippen molar-refractivity contribution in [2.24, 2.45) is 17.8 Å². The number of hydrogen-bond acceptors (Lipinski definition) is 5. The molecular formula is C32H41N5O4. The maximum absolute atomic E-state index is 14.4. The number of likely N-dealkylation sites (N-methyl/N-ethyl adjacent to an activating group) is 1. The third-order valence-corrected chi connectivity index (χ3v) is 10.5. The quantitative estimate of drug-likeness (QED) is 0.587. The van der Waals surface area contributed by atoms with Gasteiger partial charge in [-0.15, -0.1) is 0 Å². The summed E-state index contributed by atoms with van der Waals surface area (Å²) in [4.78, 5) is 51.4. The zero-order valence-corrected chi connectivity index (χ0v) is 24.6. The first-order chi connectivity index (χ1) is 19.7. The van der Waals surface area contributed by atoms with Crippen molar-refractivity contribution in [1.29, 1.82) is 0 Å². The lowest BCUT2D eigenvalue weighted by molar-refractivity contribution is -0.174. The van der Waals surface area contributed by atoms with E-state index < -0.39 is 23.9 Å². The number of nitrogens with one attached hydrogen (secondary N) is 2. The van der Waals surface area contributed by atoms with E-state index in [-0.39, 0.29) is 41.6 Å². The second-order valence-corrected chi connectivity index (χ2v) is 13.1. The number of aromatic amines is 1. The Kier molecular flexibility index (Phi) is 6.14. The standard InChI is InChI=1S/C32H41N5O4/c1-6-18(4)27-29(39)36-12-8-11-24(36)30-37(27)31(40)32(41-30,17(2)3)34-28(38)20-13-22-21-9-7-10-23-26(21)19(15-33-23)14-25(22)35(5)16-20/h7,9-10,13,15,17-18,20,24-25,27,30,33H,6,8,11-12,14,16H2,1-5H3,(H,34,38)/t18?,20-,24+,25?,27-,30?,32-/m1/s1. The van der Waals surface area contributed by atoms with Gasteiger partial charge in [0.05, 0.1) is 12.0 Å². The Balaban J connectivity index is 1.23. The summed E-state index contributed by atoms with van der Waals surface area (Å²) >= 11 is 0. The molecule has 4 aliphatic heterocycles. The Morgan fingerprint density at radius 3 is 2.80 bits per heavy atom. The van der Waals surface area contributed by atoms with Crippen LogP contribution in [0.15, 0.2) is 30.5 Å². The second-order valence-electron chi connectivity index (χ2n) is 13.1. The molecule has 0 radical (unpaired) electrons. The van der Waals surface area contributed by atoms with Crippen LogP contribution in [0.4, 0.5) is 0 Å². The first kappa shape index (κ1) is 26.7. The lowest BCUT2D eigenvalue weighted by Crippen LogP contribution is -2.66. The topological polar surface area (TPSA) is 98.0 Å². The van der Waals surface area contributed by atoms with Crippen LogP contribution in [-0.2, 0) is 25.5 Å². The van der Waals surface area contributed by atoms with Crippen molar-refractivity contribution in [3.8, 4) is 0 Å². The minimum Gasteiger partial charge on any atom is -0.361 e. The highest BCUT2D eigenvalue weighted by Gasteiger charge is 2.65. The maximum Gasteiger partial charge on any atom is 0.279 e. The van der Waals surface area contributed by atoms with Crippen LogP contribution in [0.5, 0.6) is 0 Å². The molecule has 7 atom stereocenters. The van der Waals surface area contributed by atoms with Gasteiger partial charge in [-0.2, -0.15) is 0 Å². The predicted molar refractivity (Wildman–Crippen MR) is 155 cm³/mol. The summed E-state index contributed by atoms with van der Waals surface area (Å²) in [5.41, 5.74) is 3.23. The average molecular weight is 560 g/mol. The van der Waals surface area contributed by atoms with E-state index in [1.807, 2.05) is 32.6 Å². The molecule has 1 aliphatic carbocycles. The number of carbonyl (C=O) groups excluding carboxylic acids is 3. The number of nitrogens with zero attached hydrogens (tertiary/aromatic N) is 3. The Bertz CT molecular complexity index is 1460. The van der Waals surface area contributed by atoms with Crippen molar-refractivity contribution in [3.63, 3.8) is 0 Å². The van der Waals surface area contributed by atoms with Crippen molar-refractivity contribution in [1.82, 2.24) is 25.0 Å².